The van der Waals surface area contributed by atoms with Crippen LogP contribution in [0.3, 0.4) is 0 Å². The highest BCUT2D eigenvalue weighted by atomic mass is 16.2. The maximum absolute atomic E-state index is 11.0. The summed E-state index contributed by atoms with van der Waals surface area (Å²) in [5.41, 5.74) is 5.25. The molecular formula is C12H23N3O. The summed E-state index contributed by atoms with van der Waals surface area (Å²) >= 11 is 0. The lowest BCUT2D eigenvalue weighted by Crippen LogP contribution is -2.55. The number of primary amides is 1. The van der Waals surface area contributed by atoms with Gasteiger partial charge in [-0.2, -0.15) is 0 Å². The highest BCUT2D eigenvalue weighted by molar-refractivity contribution is 5.72. The Morgan fingerprint density at radius 3 is 2.44 bits per heavy atom. The van der Waals surface area contributed by atoms with Gasteiger partial charge < -0.3 is 11.1 Å². The lowest BCUT2D eigenvalue weighted by molar-refractivity contribution is 0.104. The molecule has 2 unspecified atom stereocenters. The number of nitrogens with two attached hydrogens (primary N) is 1. The number of amides is 2. The Balaban J connectivity index is 1.94. The molecule has 0 radical (unpaired) electrons. The van der Waals surface area contributed by atoms with E-state index >= 15 is 0 Å². The fraction of sp³-hybridized carbons (Fsp3) is 0.917. The predicted molar refractivity (Wildman–Crippen MR) is 64.2 cm³/mol. The molecule has 92 valence electrons. The van der Waals surface area contributed by atoms with Crippen LogP contribution in [-0.2, 0) is 0 Å². The number of carbonyl (C=O) groups is 1. The van der Waals surface area contributed by atoms with Crippen LogP contribution in [0.4, 0.5) is 4.79 Å². The van der Waals surface area contributed by atoms with Crippen LogP contribution in [-0.4, -0.2) is 36.1 Å². The van der Waals surface area contributed by atoms with Crippen molar-refractivity contribution in [1.82, 2.24) is 10.2 Å². The summed E-state index contributed by atoms with van der Waals surface area (Å²) in [5, 5.41) is 2.93. The van der Waals surface area contributed by atoms with Gasteiger partial charge >= 0.3 is 6.03 Å². The third-order valence-corrected chi connectivity index (χ3v) is 3.92. The van der Waals surface area contributed by atoms with Crippen molar-refractivity contribution in [2.75, 3.05) is 13.1 Å². The smallest absolute Gasteiger partial charge is 0.312 e. The van der Waals surface area contributed by atoms with Crippen LogP contribution in [0.1, 0.15) is 44.9 Å². The Kier molecular flexibility index (Phi) is 4.04. The average Bonchev–Trinajstić information content (AvgIpc) is 2.30. The molecule has 2 atom stereocenters. The number of urea groups is 1. The van der Waals surface area contributed by atoms with E-state index in [1.165, 1.54) is 51.6 Å². The van der Waals surface area contributed by atoms with Crippen LogP contribution in [0, 0.1) is 0 Å². The van der Waals surface area contributed by atoms with Crippen molar-refractivity contribution in [1.29, 1.82) is 0 Å². The second kappa shape index (κ2) is 5.53. The first-order valence-corrected chi connectivity index (χ1v) is 6.57. The molecule has 2 rings (SSSR count). The summed E-state index contributed by atoms with van der Waals surface area (Å²) in [6.07, 6.45) is 8.78. The molecule has 4 heteroatoms. The second-order valence-corrected chi connectivity index (χ2v) is 5.06. The lowest BCUT2D eigenvalue weighted by atomic mass is 9.88. The minimum absolute atomic E-state index is 0.282. The third kappa shape index (κ3) is 2.88. The Morgan fingerprint density at radius 2 is 1.75 bits per heavy atom. The molecule has 1 aliphatic heterocycles. The van der Waals surface area contributed by atoms with Gasteiger partial charge in [0, 0.05) is 12.1 Å². The molecule has 0 aromatic carbocycles. The molecule has 3 N–H and O–H groups in total. The summed E-state index contributed by atoms with van der Waals surface area (Å²) in [6, 6.07) is 0.444. The molecule has 1 aliphatic carbocycles. The van der Waals surface area contributed by atoms with E-state index in [1.54, 1.807) is 0 Å². The quantitative estimate of drug-likeness (QED) is 0.747. The molecular weight excluding hydrogens is 202 g/mol. The Labute approximate surface area is 97.6 Å². The van der Waals surface area contributed by atoms with E-state index in [4.69, 9.17) is 5.73 Å². The topological polar surface area (TPSA) is 58.4 Å². The number of hydrogen-bond acceptors (Lipinski definition) is 2. The zero-order valence-corrected chi connectivity index (χ0v) is 9.95. The van der Waals surface area contributed by atoms with E-state index in [9.17, 15) is 4.79 Å². The number of nitrogens with zero attached hydrogens (tertiary/aromatic N) is 1. The van der Waals surface area contributed by atoms with Gasteiger partial charge in [-0.3, -0.25) is 4.90 Å². The van der Waals surface area contributed by atoms with E-state index in [0.717, 1.165) is 6.42 Å². The van der Waals surface area contributed by atoms with Gasteiger partial charge in [0.15, 0.2) is 0 Å². The van der Waals surface area contributed by atoms with Crippen molar-refractivity contribution < 1.29 is 4.79 Å². The normalized spacial score (nSPS) is 32.2. The number of piperidine rings is 1. The van der Waals surface area contributed by atoms with Crippen molar-refractivity contribution in [3.8, 4) is 0 Å². The Hall–Kier alpha value is -0.770. The van der Waals surface area contributed by atoms with Gasteiger partial charge in [-0.05, 0) is 38.8 Å². The fourth-order valence-corrected chi connectivity index (χ4v) is 3.15. The summed E-state index contributed by atoms with van der Waals surface area (Å²) in [6.45, 7) is 2.39. The van der Waals surface area contributed by atoms with Crippen molar-refractivity contribution in [3.05, 3.63) is 0 Å². The minimum atomic E-state index is -0.367. The number of hydrogen-bond donors (Lipinski definition) is 2. The average molecular weight is 225 g/mol. The summed E-state index contributed by atoms with van der Waals surface area (Å²) in [4.78, 5) is 13.5. The van der Waals surface area contributed by atoms with Crippen LogP contribution in [0.5, 0.6) is 0 Å². The van der Waals surface area contributed by atoms with Gasteiger partial charge in [0.1, 0.15) is 0 Å². The van der Waals surface area contributed by atoms with Crippen LogP contribution in [0.2, 0.25) is 0 Å². The van der Waals surface area contributed by atoms with Gasteiger partial charge in [-0.25, -0.2) is 4.79 Å². The van der Waals surface area contributed by atoms with Crippen molar-refractivity contribution in [2.24, 2.45) is 5.73 Å². The molecule has 0 spiro atoms. The van der Waals surface area contributed by atoms with Gasteiger partial charge in [0.25, 0.3) is 0 Å². The molecule has 0 aromatic heterocycles. The summed E-state index contributed by atoms with van der Waals surface area (Å²) in [5.74, 6) is 0. The van der Waals surface area contributed by atoms with Crippen LogP contribution in [0.15, 0.2) is 0 Å². The van der Waals surface area contributed by atoms with E-state index in [-0.39, 0.29) is 12.1 Å². The standard InChI is InChI=1S/C12H23N3O/c13-12(16)14-10-6-2-3-7-11(10)15-8-4-1-5-9-15/h10-11H,1-9H2,(H3,13,14,16). The largest absolute Gasteiger partial charge is 0.352 e. The zero-order valence-electron chi connectivity index (χ0n) is 9.95. The van der Waals surface area contributed by atoms with Crippen LogP contribution >= 0.6 is 0 Å². The van der Waals surface area contributed by atoms with Crippen LogP contribution in [0.25, 0.3) is 0 Å². The molecule has 4 nitrogen and oxygen atoms in total. The first-order chi connectivity index (χ1) is 7.77. The van der Waals surface area contributed by atoms with Crippen molar-refractivity contribution in [3.63, 3.8) is 0 Å². The molecule has 2 fully saturated rings. The van der Waals surface area contributed by atoms with E-state index in [1.807, 2.05) is 0 Å². The van der Waals surface area contributed by atoms with Gasteiger partial charge in [0.2, 0.25) is 0 Å². The molecule has 2 amide bonds. The van der Waals surface area contributed by atoms with Gasteiger partial charge in [-0.1, -0.05) is 19.3 Å². The Morgan fingerprint density at radius 1 is 1.06 bits per heavy atom. The molecule has 1 saturated heterocycles. The molecule has 0 aromatic rings. The fourth-order valence-electron chi connectivity index (χ4n) is 3.15. The van der Waals surface area contributed by atoms with Crippen molar-refractivity contribution >= 4 is 6.03 Å². The highest BCUT2D eigenvalue weighted by Crippen LogP contribution is 2.25. The number of carbonyl (C=O) groups excluding carboxylic acids is 1. The summed E-state index contributed by atoms with van der Waals surface area (Å²) < 4.78 is 0. The number of rotatable bonds is 2. The molecule has 1 saturated carbocycles. The maximum Gasteiger partial charge on any atom is 0.312 e. The van der Waals surface area contributed by atoms with Gasteiger partial charge in [0.05, 0.1) is 0 Å². The molecule has 1 heterocycles. The van der Waals surface area contributed by atoms with E-state index in [0.29, 0.717) is 6.04 Å². The SMILES string of the molecule is NC(=O)NC1CCCCC1N1CCCCC1. The zero-order chi connectivity index (χ0) is 11.4. The Bertz CT molecular complexity index is 238. The minimum Gasteiger partial charge on any atom is -0.352 e. The van der Waals surface area contributed by atoms with E-state index < -0.39 is 0 Å². The highest BCUT2D eigenvalue weighted by Gasteiger charge is 2.31. The number of nitrogens with one attached hydrogen (secondary N) is 1. The predicted octanol–water partition coefficient (Wildman–Crippen LogP) is 1.45. The third-order valence-electron chi connectivity index (χ3n) is 3.92. The first-order valence-electron chi connectivity index (χ1n) is 6.57. The molecule has 0 bridgehead atoms. The maximum atomic E-state index is 11.0. The van der Waals surface area contributed by atoms with Crippen molar-refractivity contribution in [2.45, 2.75) is 57.0 Å². The lowest BCUT2D eigenvalue weighted by Gasteiger charge is -2.41. The molecule has 16 heavy (non-hydrogen) atoms. The summed E-state index contributed by atoms with van der Waals surface area (Å²) in [7, 11) is 0. The second-order valence-electron chi connectivity index (χ2n) is 5.06. The monoisotopic (exact) mass is 225 g/mol. The first kappa shape index (κ1) is 11.7. The molecule has 2 aliphatic rings. The van der Waals surface area contributed by atoms with Gasteiger partial charge in [-0.15, -0.1) is 0 Å². The number of likely N-dealkylation sites (tertiary alicyclic amines) is 1. The van der Waals surface area contributed by atoms with E-state index in [2.05, 4.69) is 10.2 Å². The van der Waals surface area contributed by atoms with Crippen LogP contribution < -0.4 is 11.1 Å².